The molecule has 1 aliphatic carbocycles. The van der Waals surface area contributed by atoms with E-state index in [0.29, 0.717) is 0 Å². The van der Waals surface area contributed by atoms with E-state index in [-0.39, 0.29) is 5.54 Å². The predicted octanol–water partition coefficient (Wildman–Crippen LogP) is 2.25. The number of nitrogens with one attached hydrogen (secondary N) is 1. The monoisotopic (exact) mass is 217 g/mol. The summed E-state index contributed by atoms with van der Waals surface area (Å²) in [6, 6.07) is 0. The molecule has 1 atom stereocenters. The lowest BCUT2D eigenvalue weighted by Crippen LogP contribution is -2.44. The van der Waals surface area contributed by atoms with Gasteiger partial charge in [0.05, 0.1) is 17.4 Å². The Hall–Kier alpha value is -0.960. The fourth-order valence-corrected chi connectivity index (χ4v) is 2.99. The molecule has 0 amide bonds. The van der Waals surface area contributed by atoms with Crippen LogP contribution in [0.25, 0.3) is 0 Å². The third-order valence-corrected chi connectivity index (χ3v) is 3.98. The Bertz CT molecular complexity index is 337. The molecule has 1 saturated heterocycles. The lowest BCUT2D eigenvalue weighted by Gasteiger charge is -2.33. The molecule has 86 valence electrons. The van der Waals surface area contributed by atoms with Gasteiger partial charge in [0.25, 0.3) is 0 Å². The van der Waals surface area contributed by atoms with Crippen molar-refractivity contribution in [3.8, 4) is 0 Å². The summed E-state index contributed by atoms with van der Waals surface area (Å²) in [7, 11) is 0. The molecule has 2 heterocycles. The van der Waals surface area contributed by atoms with Gasteiger partial charge in [-0.05, 0) is 38.1 Å². The van der Waals surface area contributed by atoms with Crippen LogP contribution in [0, 0.1) is 5.92 Å². The summed E-state index contributed by atoms with van der Waals surface area (Å²) in [4.78, 5) is 8.80. The molecule has 1 unspecified atom stereocenters. The lowest BCUT2D eigenvalue weighted by molar-refractivity contribution is 0.270. The average molecular weight is 217 g/mol. The largest absolute Gasteiger partial charge is 0.306 e. The van der Waals surface area contributed by atoms with Gasteiger partial charge in [0, 0.05) is 12.4 Å². The third kappa shape index (κ3) is 1.73. The van der Waals surface area contributed by atoms with Gasteiger partial charge in [0.15, 0.2) is 0 Å². The Kier molecular flexibility index (Phi) is 2.64. The van der Waals surface area contributed by atoms with E-state index < -0.39 is 0 Å². The van der Waals surface area contributed by atoms with Crippen LogP contribution in [0.15, 0.2) is 18.6 Å². The van der Waals surface area contributed by atoms with Crippen LogP contribution in [0.2, 0.25) is 0 Å². The predicted molar refractivity (Wildman–Crippen MR) is 62.9 cm³/mol. The zero-order chi connectivity index (χ0) is 10.8. The quantitative estimate of drug-likeness (QED) is 0.825. The van der Waals surface area contributed by atoms with E-state index in [4.69, 9.17) is 0 Å². The topological polar surface area (TPSA) is 37.8 Å². The molecule has 16 heavy (non-hydrogen) atoms. The highest BCUT2D eigenvalue weighted by Crippen LogP contribution is 2.48. The molecular weight excluding hydrogens is 198 g/mol. The maximum atomic E-state index is 4.55. The Morgan fingerprint density at radius 3 is 2.88 bits per heavy atom. The van der Waals surface area contributed by atoms with Gasteiger partial charge in [0.1, 0.15) is 0 Å². The maximum Gasteiger partial charge on any atom is 0.0790 e. The van der Waals surface area contributed by atoms with Crippen molar-refractivity contribution < 1.29 is 0 Å². The molecule has 1 saturated carbocycles. The normalized spacial score (nSPS) is 31.0. The summed E-state index contributed by atoms with van der Waals surface area (Å²) in [5, 5.41) is 3.77. The molecule has 0 aromatic carbocycles. The van der Waals surface area contributed by atoms with Crippen LogP contribution in [0.4, 0.5) is 0 Å². The minimum atomic E-state index is 0.144. The van der Waals surface area contributed by atoms with Crippen LogP contribution in [-0.4, -0.2) is 16.5 Å². The van der Waals surface area contributed by atoms with E-state index in [1.165, 1.54) is 44.2 Å². The van der Waals surface area contributed by atoms with Crippen molar-refractivity contribution >= 4 is 0 Å². The number of hydrogen-bond acceptors (Lipinski definition) is 3. The zero-order valence-electron chi connectivity index (χ0n) is 9.65. The minimum Gasteiger partial charge on any atom is -0.306 e. The SMILES string of the molecule is c1cnc(C2(C3CC3)CCCCCN2)cn1. The van der Waals surface area contributed by atoms with Crippen molar-refractivity contribution in [1.82, 2.24) is 15.3 Å². The third-order valence-electron chi connectivity index (χ3n) is 3.98. The van der Waals surface area contributed by atoms with Crippen molar-refractivity contribution in [2.45, 2.75) is 44.1 Å². The van der Waals surface area contributed by atoms with E-state index in [9.17, 15) is 0 Å². The Labute approximate surface area is 96.7 Å². The molecular formula is C13H19N3. The van der Waals surface area contributed by atoms with Crippen molar-refractivity contribution in [3.63, 3.8) is 0 Å². The van der Waals surface area contributed by atoms with E-state index >= 15 is 0 Å². The first-order valence-corrected chi connectivity index (χ1v) is 6.43. The second kappa shape index (κ2) is 4.13. The first-order chi connectivity index (χ1) is 7.92. The summed E-state index contributed by atoms with van der Waals surface area (Å²) in [6.45, 7) is 1.13. The van der Waals surface area contributed by atoms with Gasteiger partial charge in [-0.25, -0.2) is 0 Å². The first kappa shape index (κ1) is 10.2. The number of nitrogens with zero attached hydrogens (tertiary/aromatic N) is 2. The van der Waals surface area contributed by atoms with E-state index in [0.717, 1.165) is 12.5 Å². The van der Waals surface area contributed by atoms with Crippen LogP contribution >= 0.6 is 0 Å². The van der Waals surface area contributed by atoms with Gasteiger partial charge in [-0.2, -0.15) is 0 Å². The minimum absolute atomic E-state index is 0.144. The summed E-state index contributed by atoms with van der Waals surface area (Å²) < 4.78 is 0. The maximum absolute atomic E-state index is 4.55. The zero-order valence-corrected chi connectivity index (χ0v) is 9.65. The molecule has 0 spiro atoms. The fraction of sp³-hybridized carbons (Fsp3) is 0.692. The standard InChI is InChI=1S/C13H19N3/c1-2-6-13(11-4-5-11,16-7-3-1)12-10-14-8-9-15-12/h8-11,16H,1-7H2. The summed E-state index contributed by atoms with van der Waals surface area (Å²) in [5.41, 5.74) is 1.31. The first-order valence-electron chi connectivity index (χ1n) is 6.43. The highest BCUT2D eigenvalue weighted by atomic mass is 15.0. The second-order valence-electron chi connectivity index (χ2n) is 5.07. The summed E-state index contributed by atoms with van der Waals surface area (Å²) in [6.07, 6.45) is 13.4. The second-order valence-corrected chi connectivity index (χ2v) is 5.07. The van der Waals surface area contributed by atoms with Gasteiger partial charge in [0.2, 0.25) is 0 Å². The molecule has 2 fully saturated rings. The highest BCUT2D eigenvalue weighted by molar-refractivity contribution is 5.17. The van der Waals surface area contributed by atoms with E-state index in [1.54, 1.807) is 6.20 Å². The molecule has 1 aliphatic heterocycles. The van der Waals surface area contributed by atoms with E-state index in [1.807, 2.05) is 12.4 Å². The van der Waals surface area contributed by atoms with Crippen molar-refractivity contribution in [3.05, 3.63) is 24.3 Å². The molecule has 3 rings (SSSR count). The molecule has 1 N–H and O–H groups in total. The molecule has 0 radical (unpaired) electrons. The van der Waals surface area contributed by atoms with Crippen molar-refractivity contribution in [2.24, 2.45) is 5.92 Å². The van der Waals surface area contributed by atoms with Crippen LogP contribution in [0.3, 0.4) is 0 Å². The van der Waals surface area contributed by atoms with Crippen LogP contribution in [0.1, 0.15) is 44.2 Å². The van der Waals surface area contributed by atoms with Gasteiger partial charge in [-0.1, -0.05) is 12.8 Å². The van der Waals surface area contributed by atoms with Gasteiger partial charge in [-0.3, -0.25) is 9.97 Å². The fourth-order valence-electron chi connectivity index (χ4n) is 2.99. The lowest BCUT2D eigenvalue weighted by atomic mass is 9.85. The van der Waals surface area contributed by atoms with Gasteiger partial charge in [-0.15, -0.1) is 0 Å². The van der Waals surface area contributed by atoms with Crippen molar-refractivity contribution in [2.75, 3.05) is 6.54 Å². The van der Waals surface area contributed by atoms with Crippen molar-refractivity contribution in [1.29, 1.82) is 0 Å². The molecule has 0 bridgehead atoms. The van der Waals surface area contributed by atoms with Crippen LogP contribution in [0.5, 0.6) is 0 Å². The van der Waals surface area contributed by atoms with Gasteiger partial charge >= 0.3 is 0 Å². The molecule has 1 aromatic heterocycles. The summed E-state index contributed by atoms with van der Waals surface area (Å²) >= 11 is 0. The summed E-state index contributed by atoms with van der Waals surface area (Å²) in [5.74, 6) is 0.794. The van der Waals surface area contributed by atoms with E-state index in [2.05, 4.69) is 15.3 Å². The average Bonchev–Trinajstić information content (AvgIpc) is 3.17. The Morgan fingerprint density at radius 1 is 1.19 bits per heavy atom. The van der Waals surface area contributed by atoms with Gasteiger partial charge < -0.3 is 5.32 Å². The number of aromatic nitrogens is 2. The number of rotatable bonds is 2. The molecule has 3 heteroatoms. The van der Waals surface area contributed by atoms with Crippen LogP contribution in [-0.2, 0) is 5.54 Å². The van der Waals surface area contributed by atoms with Crippen LogP contribution < -0.4 is 5.32 Å². The molecule has 1 aromatic rings. The highest BCUT2D eigenvalue weighted by Gasteiger charge is 2.47. The Morgan fingerprint density at radius 2 is 2.12 bits per heavy atom. The Balaban J connectivity index is 1.95. The molecule has 3 nitrogen and oxygen atoms in total. The smallest absolute Gasteiger partial charge is 0.0790 e. The number of hydrogen-bond donors (Lipinski definition) is 1. The molecule has 2 aliphatic rings.